The van der Waals surface area contributed by atoms with Crippen molar-refractivity contribution in [1.29, 1.82) is 0 Å². The summed E-state index contributed by atoms with van der Waals surface area (Å²) < 4.78 is 11.0. The molecule has 8 nitrogen and oxygen atoms in total. The number of benzene rings is 1. The number of hydrogen-bond acceptors (Lipinski definition) is 7. The average Bonchev–Trinajstić information content (AvgIpc) is 3.25. The third kappa shape index (κ3) is 5.36. The fraction of sp³-hybridized carbons (Fsp3) is 0.0952. The molecule has 1 amide bonds. The Kier molecular flexibility index (Phi) is 6.40. The van der Waals surface area contributed by atoms with Crippen LogP contribution in [-0.2, 0) is 11.2 Å². The molecule has 0 aliphatic carbocycles. The topological polar surface area (TPSA) is 103 Å². The van der Waals surface area contributed by atoms with E-state index in [0.717, 1.165) is 0 Å². The van der Waals surface area contributed by atoms with Gasteiger partial charge in [-0.25, -0.2) is 4.98 Å². The molecule has 0 radical (unpaired) electrons. The number of nitrogens with one attached hydrogen (secondary N) is 1. The van der Waals surface area contributed by atoms with E-state index in [1.165, 1.54) is 12.3 Å². The van der Waals surface area contributed by atoms with Crippen LogP contribution in [0, 0.1) is 0 Å². The fourth-order valence-electron chi connectivity index (χ4n) is 2.63. The van der Waals surface area contributed by atoms with Crippen LogP contribution in [0.2, 0.25) is 10.0 Å². The van der Waals surface area contributed by atoms with Gasteiger partial charge in [0.2, 0.25) is 23.5 Å². The molecule has 3 heterocycles. The van der Waals surface area contributed by atoms with E-state index in [9.17, 15) is 4.79 Å². The summed E-state index contributed by atoms with van der Waals surface area (Å²) in [6.45, 7) is 0. The van der Waals surface area contributed by atoms with Crippen LogP contribution in [-0.4, -0.2) is 26.0 Å². The van der Waals surface area contributed by atoms with Gasteiger partial charge in [0, 0.05) is 25.2 Å². The summed E-state index contributed by atoms with van der Waals surface area (Å²) >= 11 is 12.0. The quantitative estimate of drug-likeness (QED) is 0.408. The first-order valence-corrected chi connectivity index (χ1v) is 9.96. The third-order valence-electron chi connectivity index (χ3n) is 4.07. The van der Waals surface area contributed by atoms with Crippen molar-refractivity contribution in [2.45, 2.75) is 12.8 Å². The van der Waals surface area contributed by atoms with Crippen molar-refractivity contribution in [3.63, 3.8) is 0 Å². The standard InChI is InChI=1S/C21H15Cl2N5O3/c22-13-11-14(23)21(25-12-13)30-17-7-2-1-5-15(17)26-18(29)8-9-19-27-20(28-31-19)16-6-3-4-10-24-16/h1-7,10-12H,8-9H2,(H,26,29). The largest absolute Gasteiger partial charge is 0.435 e. The summed E-state index contributed by atoms with van der Waals surface area (Å²) in [5.41, 5.74) is 1.07. The van der Waals surface area contributed by atoms with Gasteiger partial charge >= 0.3 is 0 Å². The van der Waals surface area contributed by atoms with E-state index >= 15 is 0 Å². The lowest BCUT2D eigenvalue weighted by Gasteiger charge is -2.12. The lowest BCUT2D eigenvalue weighted by Crippen LogP contribution is -2.13. The van der Waals surface area contributed by atoms with Crippen molar-refractivity contribution < 1.29 is 14.1 Å². The molecular weight excluding hydrogens is 441 g/mol. The molecule has 0 saturated heterocycles. The van der Waals surface area contributed by atoms with Gasteiger partial charge in [0.15, 0.2) is 5.75 Å². The molecule has 0 aliphatic rings. The zero-order chi connectivity index (χ0) is 21.6. The lowest BCUT2D eigenvalue weighted by molar-refractivity contribution is -0.116. The molecule has 0 bridgehead atoms. The number of pyridine rings is 2. The van der Waals surface area contributed by atoms with E-state index in [-0.39, 0.29) is 29.7 Å². The highest BCUT2D eigenvalue weighted by Crippen LogP contribution is 2.33. The first-order chi connectivity index (χ1) is 15.1. The van der Waals surface area contributed by atoms with Crippen LogP contribution >= 0.6 is 23.2 Å². The number of carbonyl (C=O) groups is 1. The average molecular weight is 456 g/mol. The Morgan fingerprint density at radius 2 is 1.94 bits per heavy atom. The van der Waals surface area contributed by atoms with Gasteiger partial charge in [0.25, 0.3) is 0 Å². The Morgan fingerprint density at radius 1 is 1.10 bits per heavy atom. The molecule has 3 aromatic heterocycles. The third-order valence-corrected chi connectivity index (χ3v) is 4.55. The highest BCUT2D eigenvalue weighted by atomic mass is 35.5. The van der Waals surface area contributed by atoms with Crippen LogP contribution in [0.3, 0.4) is 0 Å². The van der Waals surface area contributed by atoms with Crippen molar-refractivity contribution in [1.82, 2.24) is 20.1 Å². The van der Waals surface area contributed by atoms with Crippen LogP contribution in [0.15, 0.2) is 65.4 Å². The predicted octanol–water partition coefficient (Wildman–Crippen LogP) is 5.20. The number of carbonyl (C=O) groups excluding carboxylic acids is 1. The number of amides is 1. The van der Waals surface area contributed by atoms with Gasteiger partial charge in [-0.2, -0.15) is 4.98 Å². The highest BCUT2D eigenvalue weighted by Gasteiger charge is 2.14. The number of para-hydroxylation sites is 2. The molecule has 4 rings (SSSR count). The molecule has 31 heavy (non-hydrogen) atoms. The number of ether oxygens (including phenoxy) is 1. The number of anilines is 1. The zero-order valence-corrected chi connectivity index (χ0v) is 17.5. The van der Waals surface area contributed by atoms with Crippen molar-refractivity contribution in [2.24, 2.45) is 0 Å². The summed E-state index contributed by atoms with van der Waals surface area (Å²) in [5.74, 6) is 1.05. The molecule has 0 saturated carbocycles. The van der Waals surface area contributed by atoms with Crippen molar-refractivity contribution in [2.75, 3.05) is 5.32 Å². The Balaban J connectivity index is 1.39. The number of aromatic nitrogens is 4. The maximum atomic E-state index is 12.5. The second-order valence-electron chi connectivity index (χ2n) is 6.31. The van der Waals surface area contributed by atoms with E-state index in [1.54, 1.807) is 42.6 Å². The van der Waals surface area contributed by atoms with Crippen LogP contribution in [0.5, 0.6) is 11.6 Å². The number of aryl methyl sites for hydroxylation is 1. The Hall–Kier alpha value is -3.49. The Morgan fingerprint density at radius 3 is 2.74 bits per heavy atom. The minimum atomic E-state index is -0.246. The van der Waals surface area contributed by atoms with E-state index in [4.69, 9.17) is 32.5 Å². The summed E-state index contributed by atoms with van der Waals surface area (Å²) in [5, 5.41) is 7.35. The lowest BCUT2D eigenvalue weighted by atomic mass is 10.2. The van der Waals surface area contributed by atoms with Crippen LogP contribution < -0.4 is 10.1 Å². The summed E-state index contributed by atoms with van der Waals surface area (Å²) in [7, 11) is 0. The number of nitrogens with zero attached hydrogens (tertiary/aromatic N) is 4. The zero-order valence-electron chi connectivity index (χ0n) is 16.0. The molecule has 4 aromatic rings. The monoisotopic (exact) mass is 455 g/mol. The molecule has 0 spiro atoms. The van der Waals surface area contributed by atoms with E-state index in [1.807, 2.05) is 6.07 Å². The predicted molar refractivity (Wildman–Crippen MR) is 115 cm³/mol. The van der Waals surface area contributed by atoms with Crippen molar-refractivity contribution >= 4 is 34.8 Å². The molecular formula is C21H15Cl2N5O3. The number of halogens is 2. The normalized spacial score (nSPS) is 10.6. The first kappa shape index (κ1) is 20.8. The molecule has 1 N–H and O–H groups in total. The molecule has 1 aromatic carbocycles. The van der Waals surface area contributed by atoms with Crippen molar-refractivity contribution in [3.8, 4) is 23.1 Å². The molecule has 10 heteroatoms. The minimum absolute atomic E-state index is 0.137. The molecule has 0 fully saturated rings. The van der Waals surface area contributed by atoms with Gasteiger partial charge in [-0.1, -0.05) is 46.6 Å². The van der Waals surface area contributed by atoms with Gasteiger partial charge in [0.1, 0.15) is 10.7 Å². The van der Waals surface area contributed by atoms with Crippen LogP contribution in [0.4, 0.5) is 5.69 Å². The van der Waals surface area contributed by atoms with Gasteiger partial charge in [-0.05, 0) is 30.3 Å². The van der Waals surface area contributed by atoms with Gasteiger partial charge < -0.3 is 14.6 Å². The Bertz CT molecular complexity index is 1200. The Labute approximate surface area is 187 Å². The van der Waals surface area contributed by atoms with Gasteiger partial charge in [-0.15, -0.1) is 0 Å². The summed E-state index contributed by atoms with van der Waals surface area (Å²) in [6.07, 6.45) is 3.48. The van der Waals surface area contributed by atoms with E-state index in [0.29, 0.717) is 33.9 Å². The number of hydrogen-bond donors (Lipinski definition) is 1. The second-order valence-corrected chi connectivity index (χ2v) is 7.16. The molecule has 0 aliphatic heterocycles. The van der Waals surface area contributed by atoms with E-state index < -0.39 is 0 Å². The summed E-state index contributed by atoms with van der Waals surface area (Å²) in [4.78, 5) is 25.0. The van der Waals surface area contributed by atoms with Gasteiger partial charge in [0.05, 0.1) is 10.7 Å². The number of rotatable bonds is 7. The smallest absolute Gasteiger partial charge is 0.238 e. The maximum Gasteiger partial charge on any atom is 0.238 e. The molecule has 0 atom stereocenters. The van der Waals surface area contributed by atoms with E-state index in [2.05, 4.69) is 25.4 Å². The molecule has 0 unspecified atom stereocenters. The fourth-order valence-corrected chi connectivity index (χ4v) is 3.05. The summed E-state index contributed by atoms with van der Waals surface area (Å²) in [6, 6.07) is 13.9. The van der Waals surface area contributed by atoms with Crippen LogP contribution in [0.25, 0.3) is 11.5 Å². The maximum absolute atomic E-state index is 12.5. The first-order valence-electron chi connectivity index (χ1n) is 9.20. The van der Waals surface area contributed by atoms with Crippen molar-refractivity contribution in [3.05, 3.63) is 76.9 Å². The SMILES string of the molecule is O=C(CCc1nc(-c2ccccn2)no1)Nc1ccccc1Oc1ncc(Cl)cc1Cl. The molecule has 156 valence electrons. The van der Waals surface area contributed by atoms with Crippen LogP contribution in [0.1, 0.15) is 12.3 Å². The van der Waals surface area contributed by atoms with Gasteiger partial charge in [-0.3, -0.25) is 9.78 Å². The minimum Gasteiger partial charge on any atom is -0.435 e. The second kappa shape index (κ2) is 9.55. The highest BCUT2D eigenvalue weighted by molar-refractivity contribution is 6.35.